The molecule has 1 fully saturated rings. The average Bonchev–Trinajstić information content (AvgIpc) is 2.42. The summed E-state index contributed by atoms with van der Waals surface area (Å²) < 4.78 is 0. The van der Waals surface area contributed by atoms with Crippen LogP contribution in [-0.2, 0) is 0 Å². The summed E-state index contributed by atoms with van der Waals surface area (Å²) in [6, 6.07) is 5.52. The molecule has 0 bridgehead atoms. The number of amides is 1. The number of phenolic OH excluding ortho intramolecular Hbond substituents is 1. The van der Waals surface area contributed by atoms with Crippen LogP contribution in [0.4, 0.5) is 0 Å². The molecule has 1 aliphatic carbocycles. The normalized spacial score (nSPS) is 23.1. The smallest absolute Gasteiger partial charge is 0.255 e. The van der Waals surface area contributed by atoms with Crippen molar-refractivity contribution < 1.29 is 9.90 Å². The topological polar surface area (TPSA) is 49.3 Å². The molecule has 0 radical (unpaired) electrons. The summed E-state index contributed by atoms with van der Waals surface area (Å²) in [5.41, 5.74) is 1.12. The zero-order valence-corrected chi connectivity index (χ0v) is 12.3. The molecule has 1 amide bonds. The van der Waals surface area contributed by atoms with Gasteiger partial charge in [0.2, 0.25) is 0 Å². The molecule has 2 N–H and O–H groups in total. The van der Waals surface area contributed by atoms with Gasteiger partial charge in [0.1, 0.15) is 5.75 Å². The predicted octanol–water partition coefficient (Wildman–Crippen LogP) is 3.10. The summed E-state index contributed by atoms with van der Waals surface area (Å²) in [6.45, 7) is 1.80. The molecule has 0 saturated heterocycles. The van der Waals surface area contributed by atoms with Crippen LogP contribution >= 0.6 is 11.8 Å². The number of benzene rings is 1. The first-order valence-electron chi connectivity index (χ1n) is 6.74. The van der Waals surface area contributed by atoms with Crippen LogP contribution in [0.25, 0.3) is 0 Å². The van der Waals surface area contributed by atoms with Crippen molar-refractivity contribution in [2.75, 3.05) is 6.26 Å². The number of carbonyl (C=O) groups excluding carboxylic acids is 1. The number of rotatable bonds is 3. The molecule has 1 aromatic carbocycles. The molecule has 0 aromatic heterocycles. The minimum atomic E-state index is -0.159. The molecule has 0 aliphatic heterocycles. The number of phenols is 1. The van der Waals surface area contributed by atoms with Crippen molar-refractivity contribution in [2.24, 2.45) is 0 Å². The lowest BCUT2D eigenvalue weighted by atomic mass is 9.94. The predicted molar refractivity (Wildman–Crippen MR) is 79.9 cm³/mol. The van der Waals surface area contributed by atoms with E-state index in [1.165, 1.54) is 0 Å². The number of aryl methyl sites for hydroxylation is 1. The summed E-state index contributed by atoms with van der Waals surface area (Å²) >= 11 is 1.91. The van der Waals surface area contributed by atoms with Gasteiger partial charge in [0.15, 0.2) is 0 Å². The van der Waals surface area contributed by atoms with E-state index < -0.39 is 0 Å². The standard InChI is InChI=1S/C15H21NO2S/c1-10-4-3-5-13(14(10)17)15(18)16-11-6-8-12(19-2)9-7-11/h3-5,11-12,17H,6-9H2,1-2H3,(H,16,18). The average molecular weight is 279 g/mol. The summed E-state index contributed by atoms with van der Waals surface area (Å²) in [5, 5.41) is 13.7. The van der Waals surface area contributed by atoms with E-state index in [0.29, 0.717) is 5.56 Å². The van der Waals surface area contributed by atoms with E-state index in [0.717, 1.165) is 36.5 Å². The molecule has 1 aromatic rings. The van der Waals surface area contributed by atoms with E-state index in [4.69, 9.17) is 0 Å². The number of carbonyl (C=O) groups is 1. The highest BCUT2D eigenvalue weighted by atomic mass is 32.2. The quantitative estimate of drug-likeness (QED) is 0.894. The van der Waals surface area contributed by atoms with Crippen molar-refractivity contribution in [3.63, 3.8) is 0 Å². The van der Waals surface area contributed by atoms with Crippen LogP contribution in [0.5, 0.6) is 5.75 Å². The molecular formula is C15H21NO2S. The number of nitrogens with one attached hydrogen (secondary N) is 1. The number of aromatic hydroxyl groups is 1. The van der Waals surface area contributed by atoms with Gasteiger partial charge in [-0.05, 0) is 50.5 Å². The van der Waals surface area contributed by atoms with Crippen molar-refractivity contribution in [3.05, 3.63) is 29.3 Å². The van der Waals surface area contributed by atoms with E-state index in [1.807, 2.05) is 11.8 Å². The second-order valence-corrected chi connectivity index (χ2v) is 6.29. The lowest BCUT2D eigenvalue weighted by Gasteiger charge is -2.28. The van der Waals surface area contributed by atoms with E-state index >= 15 is 0 Å². The highest BCUT2D eigenvalue weighted by Crippen LogP contribution is 2.27. The van der Waals surface area contributed by atoms with Gasteiger partial charge in [0.25, 0.3) is 5.91 Å². The van der Waals surface area contributed by atoms with Crippen molar-refractivity contribution in [1.82, 2.24) is 5.32 Å². The first-order chi connectivity index (χ1) is 9.11. The zero-order valence-electron chi connectivity index (χ0n) is 11.5. The van der Waals surface area contributed by atoms with E-state index in [9.17, 15) is 9.90 Å². The fraction of sp³-hybridized carbons (Fsp3) is 0.533. The highest BCUT2D eigenvalue weighted by molar-refractivity contribution is 7.99. The Morgan fingerprint density at radius 3 is 2.63 bits per heavy atom. The Balaban J connectivity index is 1.96. The largest absolute Gasteiger partial charge is 0.507 e. The zero-order chi connectivity index (χ0) is 13.8. The molecule has 2 rings (SSSR count). The first kappa shape index (κ1) is 14.3. The van der Waals surface area contributed by atoms with Gasteiger partial charge in [-0.2, -0.15) is 11.8 Å². The van der Waals surface area contributed by atoms with Crippen molar-refractivity contribution in [1.29, 1.82) is 0 Å². The lowest BCUT2D eigenvalue weighted by molar-refractivity contribution is 0.0925. The molecule has 3 nitrogen and oxygen atoms in total. The molecule has 0 atom stereocenters. The molecule has 1 saturated carbocycles. The van der Waals surface area contributed by atoms with Gasteiger partial charge < -0.3 is 10.4 Å². The van der Waals surface area contributed by atoms with Crippen LogP contribution in [0.2, 0.25) is 0 Å². The third-order valence-electron chi connectivity index (χ3n) is 3.83. The molecule has 1 aliphatic rings. The number of hydrogen-bond donors (Lipinski definition) is 2. The highest BCUT2D eigenvalue weighted by Gasteiger charge is 2.23. The third kappa shape index (κ3) is 3.44. The Morgan fingerprint density at radius 2 is 2.00 bits per heavy atom. The Labute approximate surface area is 118 Å². The number of thioether (sulfide) groups is 1. The van der Waals surface area contributed by atoms with Gasteiger partial charge in [-0.15, -0.1) is 0 Å². The fourth-order valence-electron chi connectivity index (χ4n) is 2.55. The van der Waals surface area contributed by atoms with Gasteiger partial charge in [0.05, 0.1) is 5.56 Å². The maximum Gasteiger partial charge on any atom is 0.255 e. The van der Waals surface area contributed by atoms with Crippen LogP contribution < -0.4 is 5.32 Å². The Kier molecular flexibility index (Phi) is 4.75. The number of hydrogen-bond acceptors (Lipinski definition) is 3. The molecular weight excluding hydrogens is 258 g/mol. The molecule has 4 heteroatoms. The summed E-state index contributed by atoms with van der Waals surface area (Å²) in [5.74, 6) is -0.0633. The Bertz CT molecular complexity index is 453. The van der Waals surface area contributed by atoms with Crippen molar-refractivity contribution in [2.45, 2.75) is 43.9 Å². The van der Waals surface area contributed by atoms with Gasteiger partial charge in [0, 0.05) is 11.3 Å². The first-order valence-corrected chi connectivity index (χ1v) is 8.03. The summed E-state index contributed by atoms with van der Waals surface area (Å²) in [6.07, 6.45) is 6.53. The van der Waals surface area contributed by atoms with Crippen LogP contribution in [0, 0.1) is 6.92 Å². The van der Waals surface area contributed by atoms with Gasteiger partial charge in [-0.25, -0.2) is 0 Å². The maximum absolute atomic E-state index is 12.2. The van der Waals surface area contributed by atoms with Crippen molar-refractivity contribution in [3.8, 4) is 5.75 Å². The van der Waals surface area contributed by atoms with Gasteiger partial charge in [-0.1, -0.05) is 12.1 Å². The number of para-hydroxylation sites is 1. The Hall–Kier alpha value is -1.16. The molecule has 0 heterocycles. The molecule has 0 unspecified atom stereocenters. The van der Waals surface area contributed by atoms with Crippen LogP contribution in [0.1, 0.15) is 41.6 Å². The van der Waals surface area contributed by atoms with Gasteiger partial charge in [-0.3, -0.25) is 4.79 Å². The van der Waals surface area contributed by atoms with Crippen molar-refractivity contribution >= 4 is 17.7 Å². The maximum atomic E-state index is 12.2. The monoisotopic (exact) mass is 279 g/mol. The molecule has 0 spiro atoms. The second kappa shape index (κ2) is 6.33. The minimum absolute atomic E-state index is 0.0952. The van der Waals surface area contributed by atoms with Crippen LogP contribution in [-0.4, -0.2) is 28.6 Å². The Morgan fingerprint density at radius 1 is 1.32 bits per heavy atom. The van der Waals surface area contributed by atoms with E-state index in [1.54, 1.807) is 25.1 Å². The summed E-state index contributed by atoms with van der Waals surface area (Å²) in [7, 11) is 0. The minimum Gasteiger partial charge on any atom is -0.507 e. The van der Waals surface area contributed by atoms with E-state index in [-0.39, 0.29) is 17.7 Å². The fourth-order valence-corrected chi connectivity index (χ4v) is 3.29. The molecule has 19 heavy (non-hydrogen) atoms. The van der Waals surface area contributed by atoms with Crippen LogP contribution in [0.3, 0.4) is 0 Å². The van der Waals surface area contributed by atoms with Crippen LogP contribution in [0.15, 0.2) is 18.2 Å². The second-order valence-electron chi connectivity index (χ2n) is 5.15. The lowest BCUT2D eigenvalue weighted by Crippen LogP contribution is -2.38. The summed E-state index contributed by atoms with van der Waals surface area (Å²) in [4.78, 5) is 12.2. The molecule has 104 valence electrons. The third-order valence-corrected chi connectivity index (χ3v) is 4.96. The van der Waals surface area contributed by atoms with E-state index in [2.05, 4.69) is 11.6 Å². The van der Waals surface area contributed by atoms with Gasteiger partial charge >= 0.3 is 0 Å². The SMILES string of the molecule is CSC1CCC(NC(=O)c2cccc(C)c2O)CC1.